The number of ether oxygens (including phenoxy) is 2. The molecule has 0 saturated carbocycles. The second-order valence-corrected chi connectivity index (χ2v) is 15.4. The van der Waals surface area contributed by atoms with E-state index in [0.717, 1.165) is 11.4 Å². The number of amides is 2. The van der Waals surface area contributed by atoms with Crippen LogP contribution in [0.25, 0.3) is 0 Å². The van der Waals surface area contributed by atoms with E-state index >= 15 is 0 Å². The first-order valence-corrected chi connectivity index (χ1v) is 16.9. The van der Waals surface area contributed by atoms with Crippen LogP contribution in [0.5, 0.6) is 5.75 Å². The molecule has 3 N–H and O–H groups in total. The molecule has 4 rings (SSSR count). The number of hydrogen-bond donors (Lipinski definition) is 3. The van der Waals surface area contributed by atoms with Gasteiger partial charge < -0.3 is 30.1 Å². The number of aromatic nitrogens is 1. The van der Waals surface area contributed by atoms with Crippen molar-refractivity contribution in [3.05, 3.63) is 54.4 Å². The first-order chi connectivity index (χ1) is 21.2. The van der Waals surface area contributed by atoms with Gasteiger partial charge in [0, 0.05) is 56.9 Å². The van der Waals surface area contributed by atoms with Crippen LogP contribution in [0.2, 0.25) is 0 Å². The van der Waals surface area contributed by atoms with Crippen LogP contribution >= 0.6 is 11.8 Å². The van der Waals surface area contributed by atoms with Crippen LogP contribution < -0.4 is 15.4 Å². The zero-order valence-electron chi connectivity index (χ0n) is 26.5. The molecular formula is C30H43N5O8S2. The third-order valence-electron chi connectivity index (χ3n) is 6.95. The highest BCUT2D eigenvalue weighted by Crippen LogP contribution is 2.42. The number of thioether (sulfide) groups is 1. The molecule has 2 fully saturated rings. The summed E-state index contributed by atoms with van der Waals surface area (Å²) in [6, 6.07) is 7.42. The Bertz CT molecular complexity index is 1410. The van der Waals surface area contributed by atoms with E-state index in [2.05, 4.69) is 15.6 Å². The molecule has 2 aliphatic rings. The number of esters is 1. The lowest BCUT2D eigenvalue weighted by Gasteiger charge is -2.32. The molecule has 0 radical (unpaired) electrons. The number of aliphatic hydroxyl groups is 1. The Hall–Kier alpha value is -3.24. The van der Waals surface area contributed by atoms with Gasteiger partial charge in [0.05, 0.1) is 5.88 Å². The summed E-state index contributed by atoms with van der Waals surface area (Å²) in [5, 5.41) is 13.0. The second-order valence-electron chi connectivity index (χ2n) is 11.9. The van der Waals surface area contributed by atoms with Gasteiger partial charge in [-0.1, -0.05) is 12.1 Å². The number of nitrogens with zero attached hydrogens (tertiary/aromatic N) is 3. The molecule has 13 nitrogen and oxygen atoms in total. The van der Waals surface area contributed by atoms with Crippen molar-refractivity contribution in [2.24, 2.45) is 0 Å². The number of hydrogen-bond acceptors (Lipinski definition) is 11. The molecule has 2 atom stereocenters. The third-order valence-corrected chi connectivity index (χ3v) is 10.3. The summed E-state index contributed by atoms with van der Waals surface area (Å²) >= 11 is 1.33. The number of benzene rings is 1. The SMILES string of the molecule is CC(C)(C)OC(=O)[C@H](Cc1ccc(OC(=O)N2CCNCC2)cc1)NC(=O)C1N(S(=O)(=O)c2cccnc2)CSC1(C)C.CO. The molecule has 1 aromatic carbocycles. The minimum atomic E-state index is -4.05. The molecule has 1 unspecified atom stereocenters. The van der Waals surface area contributed by atoms with Gasteiger partial charge >= 0.3 is 12.1 Å². The Kier molecular flexibility index (Phi) is 12.4. The molecule has 2 aromatic rings. The van der Waals surface area contributed by atoms with Crippen molar-refractivity contribution < 1.29 is 37.4 Å². The standard InChI is InChI=1S/C29H39N5O7S2.CH4O/c1-28(2,3)41-26(36)23(17-20-8-10-21(11-9-20)40-27(37)33-15-13-30-14-16-33)32-25(35)24-29(4,5)42-19-34(24)43(38,39)22-7-6-12-31-18-22;1-2/h6-12,18,23-24,30H,13-17,19H2,1-5H3,(H,32,35);2H,1H3/t23-,24?;/m0./s1. The van der Waals surface area contributed by atoms with Crippen molar-refractivity contribution >= 4 is 39.8 Å². The zero-order valence-corrected chi connectivity index (χ0v) is 28.1. The average molecular weight is 666 g/mol. The molecule has 1 aromatic heterocycles. The first kappa shape index (κ1) is 36.2. The number of piperazine rings is 1. The summed E-state index contributed by atoms with van der Waals surface area (Å²) < 4.78 is 38.5. The van der Waals surface area contributed by atoms with E-state index in [1.807, 2.05) is 0 Å². The van der Waals surface area contributed by atoms with Crippen LogP contribution in [0, 0.1) is 0 Å². The molecular weight excluding hydrogens is 622 g/mol. The van der Waals surface area contributed by atoms with Crippen molar-refractivity contribution in [2.45, 2.75) is 68.4 Å². The predicted octanol–water partition coefficient (Wildman–Crippen LogP) is 2.01. The fourth-order valence-electron chi connectivity index (χ4n) is 4.78. The van der Waals surface area contributed by atoms with Gasteiger partial charge in [0.2, 0.25) is 15.9 Å². The normalized spacial score (nSPS) is 19.1. The summed E-state index contributed by atoms with van der Waals surface area (Å²) in [6.07, 6.45) is 2.35. The lowest BCUT2D eigenvalue weighted by atomic mass is 10.0. The van der Waals surface area contributed by atoms with E-state index in [1.54, 1.807) is 63.8 Å². The van der Waals surface area contributed by atoms with Gasteiger partial charge in [0.15, 0.2) is 0 Å². The third kappa shape index (κ3) is 9.63. The first-order valence-electron chi connectivity index (χ1n) is 14.5. The molecule has 0 spiro atoms. The van der Waals surface area contributed by atoms with E-state index in [4.69, 9.17) is 14.6 Å². The van der Waals surface area contributed by atoms with Crippen molar-refractivity contribution in [3.63, 3.8) is 0 Å². The minimum absolute atomic E-state index is 0.0208. The van der Waals surface area contributed by atoms with E-state index < -0.39 is 50.4 Å². The molecule has 0 bridgehead atoms. The molecule has 0 aliphatic carbocycles. The predicted molar refractivity (Wildman–Crippen MR) is 170 cm³/mol. The van der Waals surface area contributed by atoms with E-state index in [9.17, 15) is 22.8 Å². The minimum Gasteiger partial charge on any atom is -0.458 e. The van der Waals surface area contributed by atoms with Gasteiger partial charge in [-0.2, -0.15) is 4.31 Å². The van der Waals surface area contributed by atoms with Crippen LogP contribution in [0.1, 0.15) is 40.2 Å². The summed E-state index contributed by atoms with van der Waals surface area (Å²) in [4.78, 5) is 45.1. The number of sulfonamides is 1. The van der Waals surface area contributed by atoms with Crippen LogP contribution in [0.4, 0.5) is 4.79 Å². The van der Waals surface area contributed by atoms with Gasteiger partial charge in [0.25, 0.3) is 0 Å². The van der Waals surface area contributed by atoms with Crippen LogP contribution in [0.15, 0.2) is 53.7 Å². The number of nitrogens with one attached hydrogen (secondary N) is 2. The van der Waals surface area contributed by atoms with Crippen LogP contribution in [0.3, 0.4) is 0 Å². The van der Waals surface area contributed by atoms with Gasteiger partial charge in [-0.3, -0.25) is 9.78 Å². The van der Waals surface area contributed by atoms with E-state index in [-0.39, 0.29) is 17.2 Å². The molecule has 248 valence electrons. The molecule has 3 heterocycles. The largest absolute Gasteiger partial charge is 0.458 e. The molecule has 2 aliphatic heterocycles. The van der Waals surface area contributed by atoms with Gasteiger partial charge in [-0.05, 0) is 64.4 Å². The lowest BCUT2D eigenvalue weighted by molar-refractivity contribution is -0.158. The summed E-state index contributed by atoms with van der Waals surface area (Å²) in [7, 11) is -3.05. The number of carbonyl (C=O) groups excluding carboxylic acids is 3. The average Bonchev–Trinajstić information content (AvgIpc) is 3.34. The zero-order chi connectivity index (χ0) is 33.4. The summed E-state index contributed by atoms with van der Waals surface area (Å²) in [5.41, 5.74) is -0.140. The maximum Gasteiger partial charge on any atom is 0.415 e. The quantitative estimate of drug-likeness (QED) is 0.353. The molecule has 2 saturated heterocycles. The maximum atomic E-state index is 13.8. The Morgan fingerprint density at radius 1 is 1.13 bits per heavy atom. The molecule has 45 heavy (non-hydrogen) atoms. The highest BCUT2D eigenvalue weighted by Gasteiger charge is 2.51. The van der Waals surface area contributed by atoms with E-state index in [1.165, 1.54) is 36.3 Å². The number of aliphatic hydroxyl groups excluding tert-OH is 1. The molecule has 15 heteroatoms. The fraction of sp³-hybridized carbons (Fsp3) is 0.533. The van der Waals surface area contributed by atoms with E-state index in [0.29, 0.717) is 37.5 Å². The number of pyridine rings is 1. The Balaban J connectivity index is 0.00000271. The van der Waals surface area contributed by atoms with Crippen LogP contribution in [-0.2, 0) is 30.8 Å². The van der Waals surface area contributed by atoms with Gasteiger partial charge in [-0.25, -0.2) is 18.0 Å². The summed E-state index contributed by atoms with van der Waals surface area (Å²) in [5.74, 6) is -0.848. The van der Waals surface area contributed by atoms with Crippen LogP contribution in [-0.4, -0.2) is 107 Å². The molecule has 2 amide bonds. The van der Waals surface area contributed by atoms with Crippen molar-refractivity contribution in [3.8, 4) is 5.75 Å². The number of carbonyl (C=O) groups is 3. The lowest BCUT2D eigenvalue weighted by Crippen LogP contribution is -2.57. The summed E-state index contributed by atoms with van der Waals surface area (Å²) in [6.45, 7) is 11.3. The second kappa shape index (κ2) is 15.4. The topological polar surface area (TPSA) is 167 Å². The highest BCUT2D eigenvalue weighted by atomic mass is 32.2. The monoisotopic (exact) mass is 665 g/mol. The Morgan fingerprint density at radius 2 is 1.78 bits per heavy atom. The maximum absolute atomic E-state index is 13.8. The van der Waals surface area contributed by atoms with Gasteiger partial charge in [0.1, 0.15) is 28.3 Å². The van der Waals surface area contributed by atoms with Crippen molar-refractivity contribution in [1.82, 2.24) is 24.8 Å². The highest BCUT2D eigenvalue weighted by molar-refractivity contribution is 8.02. The van der Waals surface area contributed by atoms with Gasteiger partial charge in [-0.15, -0.1) is 11.8 Å². The number of rotatable bonds is 8. The fourth-order valence-corrected chi connectivity index (χ4v) is 7.91. The Labute approximate surface area is 269 Å². The Morgan fingerprint density at radius 3 is 2.36 bits per heavy atom. The van der Waals surface area contributed by atoms with Crippen molar-refractivity contribution in [1.29, 1.82) is 0 Å². The smallest absolute Gasteiger partial charge is 0.415 e. The van der Waals surface area contributed by atoms with Crippen molar-refractivity contribution in [2.75, 3.05) is 39.2 Å².